The Labute approximate surface area is 178 Å². The van der Waals surface area contributed by atoms with Gasteiger partial charge in [0.05, 0.1) is 18.7 Å². The van der Waals surface area contributed by atoms with Gasteiger partial charge in [-0.2, -0.15) is 5.26 Å². The maximum absolute atomic E-state index is 9.03. The van der Waals surface area contributed by atoms with Crippen LogP contribution in [0, 0.1) is 11.3 Å². The second-order valence-corrected chi connectivity index (χ2v) is 7.69. The third kappa shape index (κ3) is 4.54. The van der Waals surface area contributed by atoms with Gasteiger partial charge in [0, 0.05) is 24.2 Å². The van der Waals surface area contributed by atoms with Gasteiger partial charge in [-0.3, -0.25) is 0 Å². The molecule has 1 aliphatic heterocycles. The van der Waals surface area contributed by atoms with Gasteiger partial charge in [-0.25, -0.2) is 0 Å². The molecule has 2 unspecified atom stereocenters. The minimum atomic E-state index is 0.313. The second kappa shape index (κ2) is 9.58. The van der Waals surface area contributed by atoms with Crippen LogP contribution in [0.15, 0.2) is 72.8 Å². The summed E-state index contributed by atoms with van der Waals surface area (Å²) in [6.45, 7) is 1.79. The molecule has 1 saturated heterocycles. The van der Waals surface area contributed by atoms with E-state index in [-0.39, 0.29) is 0 Å². The monoisotopic (exact) mass is 397 g/mol. The third-order valence-corrected chi connectivity index (χ3v) is 5.80. The summed E-state index contributed by atoms with van der Waals surface area (Å²) < 4.78 is 5.63. The van der Waals surface area contributed by atoms with Gasteiger partial charge in [0.1, 0.15) is 5.75 Å². The predicted octanol–water partition coefficient (Wildman–Crippen LogP) is 4.82. The van der Waals surface area contributed by atoms with E-state index in [0.29, 0.717) is 17.6 Å². The van der Waals surface area contributed by atoms with Gasteiger partial charge in [-0.05, 0) is 60.3 Å². The van der Waals surface area contributed by atoms with Crippen molar-refractivity contribution in [1.82, 2.24) is 10.6 Å². The van der Waals surface area contributed by atoms with Gasteiger partial charge >= 0.3 is 0 Å². The minimum Gasteiger partial charge on any atom is -0.496 e. The SMILES string of the molecule is COc1ccc(-c2ccc(C#N)cc2)cc1CNC1CCCNC1c1ccccc1. The first-order chi connectivity index (χ1) is 14.8. The van der Waals surface area contributed by atoms with Gasteiger partial charge in [-0.1, -0.05) is 48.5 Å². The molecule has 0 saturated carbocycles. The first-order valence-electron chi connectivity index (χ1n) is 10.5. The molecular formula is C26H27N3O. The van der Waals surface area contributed by atoms with Crippen molar-refractivity contribution < 1.29 is 4.74 Å². The molecule has 0 aromatic heterocycles. The number of hydrogen-bond acceptors (Lipinski definition) is 4. The molecule has 0 radical (unpaired) electrons. The van der Waals surface area contributed by atoms with Crippen LogP contribution >= 0.6 is 0 Å². The number of piperidine rings is 1. The lowest BCUT2D eigenvalue weighted by Crippen LogP contribution is -2.45. The van der Waals surface area contributed by atoms with Crippen molar-refractivity contribution in [2.45, 2.75) is 31.5 Å². The number of nitriles is 1. The number of hydrogen-bond donors (Lipinski definition) is 2. The highest BCUT2D eigenvalue weighted by Crippen LogP contribution is 2.29. The molecule has 0 amide bonds. The standard InChI is InChI=1S/C26H27N3O/c1-30-25-14-13-22(20-11-9-19(17-27)10-12-20)16-23(25)18-29-24-8-5-15-28-26(24)21-6-3-2-4-7-21/h2-4,6-7,9-14,16,24,26,28-29H,5,8,15,18H2,1H3. The van der Waals surface area contributed by atoms with Crippen molar-refractivity contribution in [3.63, 3.8) is 0 Å². The fourth-order valence-corrected chi connectivity index (χ4v) is 4.19. The van der Waals surface area contributed by atoms with Gasteiger partial charge in [0.25, 0.3) is 0 Å². The molecule has 4 nitrogen and oxygen atoms in total. The highest BCUT2D eigenvalue weighted by Gasteiger charge is 2.25. The molecule has 4 rings (SSSR count). The summed E-state index contributed by atoms with van der Waals surface area (Å²) in [5, 5.41) is 16.5. The molecule has 1 fully saturated rings. The second-order valence-electron chi connectivity index (χ2n) is 7.69. The molecule has 1 aliphatic rings. The van der Waals surface area contributed by atoms with Crippen LogP contribution in [0.25, 0.3) is 11.1 Å². The van der Waals surface area contributed by atoms with Crippen LogP contribution in [-0.2, 0) is 6.54 Å². The van der Waals surface area contributed by atoms with Crippen LogP contribution in [0.2, 0.25) is 0 Å². The van der Waals surface area contributed by atoms with E-state index < -0.39 is 0 Å². The van der Waals surface area contributed by atoms with E-state index in [2.05, 4.69) is 59.2 Å². The molecule has 2 N–H and O–H groups in total. The Balaban J connectivity index is 1.53. The lowest BCUT2D eigenvalue weighted by Gasteiger charge is -2.34. The number of methoxy groups -OCH3 is 1. The molecule has 0 aliphatic carbocycles. The maximum atomic E-state index is 9.03. The Morgan fingerprint density at radius 2 is 1.80 bits per heavy atom. The number of ether oxygens (including phenoxy) is 1. The van der Waals surface area contributed by atoms with E-state index in [1.807, 2.05) is 30.3 Å². The smallest absolute Gasteiger partial charge is 0.123 e. The molecule has 3 aromatic carbocycles. The lowest BCUT2D eigenvalue weighted by atomic mass is 9.92. The quantitative estimate of drug-likeness (QED) is 0.626. The van der Waals surface area contributed by atoms with Crippen molar-refractivity contribution in [2.75, 3.05) is 13.7 Å². The Kier molecular flexibility index (Phi) is 6.44. The van der Waals surface area contributed by atoms with Gasteiger partial charge in [0.15, 0.2) is 0 Å². The van der Waals surface area contributed by atoms with E-state index in [0.717, 1.165) is 42.0 Å². The van der Waals surface area contributed by atoms with E-state index in [4.69, 9.17) is 10.00 Å². The van der Waals surface area contributed by atoms with Crippen molar-refractivity contribution in [1.29, 1.82) is 5.26 Å². The maximum Gasteiger partial charge on any atom is 0.123 e. The van der Waals surface area contributed by atoms with Crippen molar-refractivity contribution in [2.24, 2.45) is 0 Å². The number of rotatable bonds is 6. The van der Waals surface area contributed by atoms with E-state index >= 15 is 0 Å². The Morgan fingerprint density at radius 3 is 2.53 bits per heavy atom. The summed E-state index contributed by atoms with van der Waals surface area (Å²) in [4.78, 5) is 0. The normalized spacial score (nSPS) is 18.5. The van der Waals surface area contributed by atoms with Crippen LogP contribution in [0.4, 0.5) is 0 Å². The summed E-state index contributed by atoms with van der Waals surface area (Å²) in [6, 6.07) is 27.5. The zero-order valence-corrected chi connectivity index (χ0v) is 17.3. The van der Waals surface area contributed by atoms with Crippen molar-refractivity contribution >= 4 is 0 Å². The summed E-state index contributed by atoms with van der Waals surface area (Å²) >= 11 is 0. The van der Waals surface area contributed by atoms with Gasteiger partial charge in [0.2, 0.25) is 0 Å². The molecule has 0 bridgehead atoms. The molecule has 4 heteroatoms. The van der Waals surface area contributed by atoms with E-state index in [9.17, 15) is 0 Å². The third-order valence-electron chi connectivity index (χ3n) is 5.80. The van der Waals surface area contributed by atoms with Crippen LogP contribution in [0.3, 0.4) is 0 Å². The largest absolute Gasteiger partial charge is 0.496 e. The lowest BCUT2D eigenvalue weighted by molar-refractivity contribution is 0.303. The van der Waals surface area contributed by atoms with Crippen LogP contribution < -0.4 is 15.4 Å². The highest BCUT2D eigenvalue weighted by molar-refractivity contribution is 5.66. The van der Waals surface area contributed by atoms with Gasteiger partial charge in [-0.15, -0.1) is 0 Å². The summed E-state index contributed by atoms with van der Waals surface area (Å²) in [5.74, 6) is 0.889. The summed E-state index contributed by atoms with van der Waals surface area (Å²) in [7, 11) is 1.72. The topological polar surface area (TPSA) is 57.1 Å². The molecule has 1 heterocycles. The highest BCUT2D eigenvalue weighted by atomic mass is 16.5. The number of benzene rings is 3. The van der Waals surface area contributed by atoms with E-state index in [1.54, 1.807) is 7.11 Å². The molecule has 2 atom stereocenters. The molecule has 30 heavy (non-hydrogen) atoms. The van der Waals surface area contributed by atoms with Gasteiger partial charge < -0.3 is 15.4 Å². The number of nitrogens with one attached hydrogen (secondary N) is 2. The van der Waals surface area contributed by atoms with Crippen molar-refractivity contribution in [3.8, 4) is 22.9 Å². The fourth-order valence-electron chi connectivity index (χ4n) is 4.19. The number of nitrogens with zero attached hydrogens (tertiary/aromatic N) is 1. The van der Waals surface area contributed by atoms with Crippen LogP contribution in [0.1, 0.15) is 35.6 Å². The van der Waals surface area contributed by atoms with E-state index in [1.165, 1.54) is 12.0 Å². The molecule has 0 spiro atoms. The zero-order chi connectivity index (χ0) is 20.8. The average molecular weight is 398 g/mol. The Bertz CT molecular complexity index is 1010. The minimum absolute atomic E-state index is 0.313. The van der Waals surface area contributed by atoms with Crippen molar-refractivity contribution in [3.05, 3.63) is 89.5 Å². The Hall–Kier alpha value is -3.13. The van der Waals surface area contributed by atoms with Crippen LogP contribution in [-0.4, -0.2) is 19.7 Å². The molecule has 3 aromatic rings. The Morgan fingerprint density at radius 1 is 1.03 bits per heavy atom. The summed E-state index contributed by atoms with van der Waals surface area (Å²) in [6.07, 6.45) is 2.31. The molecule has 152 valence electrons. The molecular weight excluding hydrogens is 370 g/mol. The zero-order valence-electron chi connectivity index (χ0n) is 17.3. The summed E-state index contributed by atoms with van der Waals surface area (Å²) in [5.41, 5.74) is 5.36. The van der Waals surface area contributed by atoms with Crippen LogP contribution in [0.5, 0.6) is 5.75 Å². The fraction of sp³-hybridized carbons (Fsp3) is 0.269. The first-order valence-corrected chi connectivity index (χ1v) is 10.5. The average Bonchev–Trinajstić information content (AvgIpc) is 2.83. The predicted molar refractivity (Wildman–Crippen MR) is 120 cm³/mol. The first kappa shape index (κ1) is 20.2.